The third-order valence-corrected chi connectivity index (χ3v) is 4.57. The van der Waals surface area contributed by atoms with Crippen LogP contribution in [0.1, 0.15) is 45.7 Å². The number of carbonyl (C=O) groups excluding carboxylic acids is 1. The van der Waals surface area contributed by atoms with Gasteiger partial charge in [0.15, 0.2) is 0 Å². The number of hydrogen-bond donors (Lipinski definition) is 1. The van der Waals surface area contributed by atoms with Crippen molar-refractivity contribution in [2.75, 3.05) is 7.11 Å². The number of carbonyl (C=O) groups is 1. The Balaban J connectivity index is 2.02. The van der Waals surface area contributed by atoms with Crippen LogP contribution in [-0.4, -0.2) is 18.0 Å². The van der Waals surface area contributed by atoms with Gasteiger partial charge in [0.05, 0.1) is 24.4 Å². The molecule has 1 N–H and O–H groups in total. The van der Waals surface area contributed by atoms with E-state index in [9.17, 15) is 18.0 Å². The third kappa shape index (κ3) is 5.23. The minimum atomic E-state index is -4.45. The summed E-state index contributed by atoms with van der Waals surface area (Å²) in [6, 6.07) is 13.8. The summed E-state index contributed by atoms with van der Waals surface area (Å²) in [5, 5.41) is 2.87. The highest BCUT2D eigenvalue weighted by molar-refractivity contribution is 5.94. The molecule has 0 spiro atoms. The molecule has 158 valence electrons. The summed E-state index contributed by atoms with van der Waals surface area (Å²) in [5.74, 6) is 5.91. The lowest BCUT2D eigenvalue weighted by Crippen LogP contribution is -2.30. The first-order chi connectivity index (χ1) is 14.8. The molecule has 0 aliphatic heterocycles. The quantitative estimate of drug-likeness (QED) is 0.587. The molecular formula is C24H19F3N2O2. The summed E-state index contributed by atoms with van der Waals surface area (Å²) < 4.78 is 44.1. The standard InChI is InChI=1S/C24H19F3N2O2/c1-3-5-16-6-4-15-28-21(16)22(17-7-11-19(12-8-17)24(25,26)27)29-23(30)18-9-13-20(31-2)14-10-18/h4,6-15,22H,1-2H3,(H,29,30)/t22-/m0/s1. The number of alkyl halides is 3. The number of benzene rings is 2. The van der Waals surface area contributed by atoms with Crippen LogP contribution in [0, 0.1) is 11.8 Å². The van der Waals surface area contributed by atoms with Crippen LogP contribution in [0.2, 0.25) is 0 Å². The van der Waals surface area contributed by atoms with Gasteiger partial charge in [0.2, 0.25) is 0 Å². The molecular weight excluding hydrogens is 405 g/mol. The highest BCUT2D eigenvalue weighted by atomic mass is 19.4. The maximum absolute atomic E-state index is 13.0. The molecule has 0 radical (unpaired) electrons. The average molecular weight is 424 g/mol. The van der Waals surface area contributed by atoms with Crippen LogP contribution in [0.5, 0.6) is 5.75 Å². The second-order valence-electron chi connectivity index (χ2n) is 6.57. The molecule has 0 aliphatic rings. The van der Waals surface area contributed by atoms with Crippen LogP contribution in [0.3, 0.4) is 0 Å². The molecule has 0 saturated carbocycles. The fourth-order valence-electron chi connectivity index (χ4n) is 3.02. The lowest BCUT2D eigenvalue weighted by Gasteiger charge is -2.21. The Morgan fingerprint density at radius 3 is 2.32 bits per heavy atom. The van der Waals surface area contributed by atoms with Gasteiger partial charge >= 0.3 is 6.18 Å². The molecule has 0 unspecified atom stereocenters. The number of halogens is 3. The Labute approximate surface area is 178 Å². The third-order valence-electron chi connectivity index (χ3n) is 4.57. The SMILES string of the molecule is CC#Cc1cccnc1[C@@H](NC(=O)c1ccc(OC)cc1)c1ccc(C(F)(F)F)cc1. The molecule has 4 nitrogen and oxygen atoms in total. The first-order valence-electron chi connectivity index (χ1n) is 9.33. The summed E-state index contributed by atoms with van der Waals surface area (Å²) in [6.45, 7) is 1.67. The summed E-state index contributed by atoms with van der Waals surface area (Å²) in [5.41, 5.74) is 1.07. The molecule has 1 amide bonds. The van der Waals surface area contributed by atoms with Crippen LogP contribution in [0.15, 0.2) is 66.9 Å². The summed E-state index contributed by atoms with van der Waals surface area (Å²) in [6.07, 6.45) is -2.91. The van der Waals surface area contributed by atoms with Crippen molar-refractivity contribution in [1.82, 2.24) is 10.3 Å². The predicted molar refractivity (Wildman–Crippen MR) is 111 cm³/mol. The number of nitrogens with one attached hydrogen (secondary N) is 1. The Bertz CT molecular complexity index is 1110. The minimum absolute atomic E-state index is 0.372. The van der Waals surface area contributed by atoms with Crippen molar-refractivity contribution in [3.63, 3.8) is 0 Å². The molecule has 3 rings (SSSR count). The first kappa shape index (κ1) is 21.9. The van der Waals surface area contributed by atoms with E-state index in [1.807, 2.05) is 0 Å². The van der Waals surface area contributed by atoms with Gasteiger partial charge in [-0.1, -0.05) is 18.1 Å². The Morgan fingerprint density at radius 2 is 1.74 bits per heavy atom. The van der Waals surface area contributed by atoms with Crippen LogP contribution in [0.4, 0.5) is 13.2 Å². The van der Waals surface area contributed by atoms with Gasteiger partial charge in [-0.2, -0.15) is 13.2 Å². The summed E-state index contributed by atoms with van der Waals surface area (Å²) >= 11 is 0. The Kier molecular flexibility index (Phi) is 6.61. The number of methoxy groups -OCH3 is 1. The molecule has 0 bridgehead atoms. The van der Waals surface area contributed by atoms with Crippen LogP contribution >= 0.6 is 0 Å². The predicted octanol–water partition coefficient (Wildman–Crippen LogP) is 5.00. The molecule has 0 saturated heterocycles. The Hall–Kier alpha value is -3.79. The molecule has 0 aliphatic carbocycles. The number of ether oxygens (including phenoxy) is 1. The van der Waals surface area contributed by atoms with Crippen molar-refractivity contribution in [3.05, 3.63) is 94.8 Å². The van der Waals surface area contributed by atoms with E-state index < -0.39 is 23.7 Å². The first-order valence-corrected chi connectivity index (χ1v) is 9.33. The van der Waals surface area contributed by atoms with Crippen LogP contribution in [-0.2, 0) is 6.18 Å². The maximum atomic E-state index is 13.0. The van der Waals surface area contributed by atoms with Gasteiger partial charge in [0.25, 0.3) is 5.91 Å². The van der Waals surface area contributed by atoms with Gasteiger partial charge in [-0.25, -0.2) is 0 Å². The molecule has 1 heterocycles. The lowest BCUT2D eigenvalue weighted by atomic mass is 9.97. The number of pyridine rings is 1. The second-order valence-corrected chi connectivity index (χ2v) is 6.57. The molecule has 31 heavy (non-hydrogen) atoms. The van der Waals surface area contributed by atoms with E-state index in [4.69, 9.17) is 4.74 Å². The number of rotatable bonds is 5. The van der Waals surface area contributed by atoms with Gasteiger partial charge in [-0.15, -0.1) is 5.92 Å². The van der Waals surface area contributed by atoms with Crippen molar-refractivity contribution in [1.29, 1.82) is 0 Å². The van der Waals surface area contributed by atoms with E-state index >= 15 is 0 Å². The van der Waals surface area contributed by atoms with E-state index in [1.165, 1.54) is 19.2 Å². The Morgan fingerprint density at radius 1 is 1.06 bits per heavy atom. The highest BCUT2D eigenvalue weighted by Crippen LogP contribution is 2.31. The van der Waals surface area contributed by atoms with E-state index in [1.54, 1.807) is 49.5 Å². The largest absolute Gasteiger partial charge is 0.497 e. The van der Waals surface area contributed by atoms with Gasteiger partial charge in [-0.05, 0) is 61.0 Å². The molecule has 7 heteroatoms. The van der Waals surface area contributed by atoms with Gasteiger partial charge in [0.1, 0.15) is 5.75 Å². The van der Waals surface area contributed by atoms with Crippen LogP contribution in [0.25, 0.3) is 0 Å². The van der Waals surface area contributed by atoms with E-state index in [0.29, 0.717) is 28.1 Å². The molecule has 1 atom stereocenters. The number of hydrogen-bond acceptors (Lipinski definition) is 3. The average Bonchev–Trinajstić information content (AvgIpc) is 2.78. The summed E-state index contributed by atoms with van der Waals surface area (Å²) in [7, 11) is 1.52. The number of amides is 1. The van der Waals surface area contributed by atoms with Crippen molar-refractivity contribution in [2.24, 2.45) is 0 Å². The zero-order valence-corrected chi connectivity index (χ0v) is 16.8. The number of aromatic nitrogens is 1. The topological polar surface area (TPSA) is 51.2 Å². The van der Waals surface area contributed by atoms with E-state index in [-0.39, 0.29) is 0 Å². The smallest absolute Gasteiger partial charge is 0.416 e. The summed E-state index contributed by atoms with van der Waals surface area (Å²) in [4.78, 5) is 17.3. The minimum Gasteiger partial charge on any atom is -0.497 e. The fourth-order valence-corrected chi connectivity index (χ4v) is 3.02. The van der Waals surface area contributed by atoms with Crippen LogP contribution < -0.4 is 10.1 Å². The molecule has 3 aromatic rings. The fraction of sp³-hybridized carbons (Fsp3) is 0.167. The molecule has 0 fully saturated rings. The van der Waals surface area contributed by atoms with E-state index in [2.05, 4.69) is 22.1 Å². The highest BCUT2D eigenvalue weighted by Gasteiger charge is 2.31. The lowest BCUT2D eigenvalue weighted by molar-refractivity contribution is -0.137. The zero-order valence-electron chi connectivity index (χ0n) is 16.8. The van der Waals surface area contributed by atoms with Gasteiger partial charge in [-0.3, -0.25) is 9.78 Å². The van der Waals surface area contributed by atoms with Gasteiger partial charge < -0.3 is 10.1 Å². The molecule has 2 aromatic carbocycles. The van der Waals surface area contributed by atoms with Crippen molar-refractivity contribution < 1.29 is 22.7 Å². The van der Waals surface area contributed by atoms with Crippen molar-refractivity contribution in [3.8, 4) is 17.6 Å². The molecule has 1 aromatic heterocycles. The number of nitrogens with zero attached hydrogens (tertiary/aromatic N) is 1. The normalized spacial score (nSPS) is 11.8. The second kappa shape index (κ2) is 9.35. The van der Waals surface area contributed by atoms with Crippen molar-refractivity contribution >= 4 is 5.91 Å². The zero-order chi connectivity index (χ0) is 22.4. The van der Waals surface area contributed by atoms with E-state index in [0.717, 1.165) is 12.1 Å². The monoisotopic (exact) mass is 424 g/mol. The van der Waals surface area contributed by atoms with Crippen molar-refractivity contribution in [2.45, 2.75) is 19.1 Å². The maximum Gasteiger partial charge on any atom is 0.416 e. The van der Waals surface area contributed by atoms with Gasteiger partial charge in [0, 0.05) is 17.3 Å².